The lowest BCUT2D eigenvalue weighted by molar-refractivity contribution is -0.00593. The average molecular weight is 457 g/mol. The topological polar surface area (TPSA) is 123 Å². The Morgan fingerprint density at radius 2 is 2.06 bits per heavy atom. The molecule has 172 valence electrons. The Kier molecular flexibility index (Phi) is 4.60. The van der Waals surface area contributed by atoms with E-state index in [4.69, 9.17) is 9.84 Å². The third kappa shape index (κ3) is 3.30. The molecule has 6 rings (SSSR count). The Bertz CT molecular complexity index is 1450. The Balaban J connectivity index is 1.60. The van der Waals surface area contributed by atoms with Crippen molar-refractivity contribution in [1.82, 2.24) is 34.9 Å². The fourth-order valence-corrected chi connectivity index (χ4v) is 4.99. The quantitative estimate of drug-likeness (QED) is 0.338. The van der Waals surface area contributed by atoms with Crippen LogP contribution in [0.25, 0.3) is 16.7 Å². The minimum absolute atomic E-state index is 0.0925. The molecule has 1 amide bonds. The van der Waals surface area contributed by atoms with Gasteiger partial charge in [-0.2, -0.15) is 15.0 Å². The number of nitrogens with zero attached hydrogens (tertiary/aromatic N) is 6. The molecular weight excluding hydrogens is 432 g/mol. The first-order valence-corrected chi connectivity index (χ1v) is 11.5. The average Bonchev–Trinajstić information content (AvgIpc) is 3.50. The molecule has 3 aromatic heterocycles. The summed E-state index contributed by atoms with van der Waals surface area (Å²) in [5, 5.41) is 22.9. The number of hydrogen-bond acceptors (Lipinski definition) is 8. The second-order valence-corrected chi connectivity index (χ2v) is 9.46. The van der Waals surface area contributed by atoms with Crippen molar-refractivity contribution in [2.75, 3.05) is 17.7 Å². The fourth-order valence-electron chi connectivity index (χ4n) is 4.99. The van der Waals surface area contributed by atoms with Gasteiger partial charge in [-0.25, -0.2) is 9.50 Å². The molecule has 1 aliphatic carbocycles. The van der Waals surface area contributed by atoms with Crippen LogP contribution in [0, 0.1) is 0 Å². The molecule has 13 heteroatoms. The molecule has 0 spiro atoms. The normalized spacial score (nSPS) is 21.8. The second kappa shape index (κ2) is 7.45. The number of nitrogens with one attached hydrogen (secondary N) is 3. The van der Waals surface area contributed by atoms with E-state index in [2.05, 4.69) is 46.8 Å². The monoisotopic (exact) mass is 457 g/mol. The molecular formula is C21H25B2N9O2. The van der Waals surface area contributed by atoms with E-state index in [-0.39, 0.29) is 18.1 Å². The molecule has 4 heterocycles. The summed E-state index contributed by atoms with van der Waals surface area (Å²) in [6.45, 7) is 0. The van der Waals surface area contributed by atoms with Gasteiger partial charge in [0.1, 0.15) is 26.7 Å². The number of carbonyl (C=O) groups excluding carboxylic acids is 1. The summed E-state index contributed by atoms with van der Waals surface area (Å²) in [5.74, 6) is 0.326. The van der Waals surface area contributed by atoms with Crippen LogP contribution in [0.4, 0.5) is 17.2 Å². The first-order valence-electron chi connectivity index (χ1n) is 11.5. The zero-order valence-corrected chi connectivity index (χ0v) is 19.6. The summed E-state index contributed by atoms with van der Waals surface area (Å²) in [6.07, 6.45) is 4.18. The number of imidazole rings is 1. The van der Waals surface area contributed by atoms with E-state index < -0.39 is 5.40 Å². The maximum absolute atomic E-state index is 13.3. The highest BCUT2D eigenvalue weighted by atomic mass is 16.5. The number of aromatic nitrogens is 6. The third-order valence-corrected chi connectivity index (χ3v) is 6.73. The zero-order chi connectivity index (χ0) is 23.6. The molecule has 34 heavy (non-hydrogen) atoms. The van der Waals surface area contributed by atoms with Gasteiger partial charge in [-0.15, -0.1) is 5.10 Å². The highest BCUT2D eigenvalue weighted by molar-refractivity contribution is 6.39. The molecule has 11 nitrogen and oxygen atoms in total. The molecule has 2 aliphatic rings. The van der Waals surface area contributed by atoms with Crippen LogP contribution < -0.4 is 16.0 Å². The maximum atomic E-state index is 13.3. The Hall–Kier alpha value is -3.60. The van der Waals surface area contributed by atoms with Crippen LogP contribution in [0.15, 0.2) is 24.4 Å². The molecule has 1 saturated carbocycles. The Morgan fingerprint density at radius 1 is 1.21 bits per heavy atom. The van der Waals surface area contributed by atoms with Crippen LogP contribution in [0.1, 0.15) is 35.3 Å². The van der Waals surface area contributed by atoms with E-state index in [1.165, 1.54) is 0 Å². The number of rotatable bonds is 1. The van der Waals surface area contributed by atoms with Crippen LogP contribution in [-0.2, 0) is 17.2 Å². The largest absolute Gasteiger partial charge is 0.385 e. The molecule has 1 fully saturated rings. The van der Waals surface area contributed by atoms with Crippen LogP contribution in [0.3, 0.4) is 0 Å². The summed E-state index contributed by atoms with van der Waals surface area (Å²) < 4.78 is 8.22. The van der Waals surface area contributed by atoms with Crippen LogP contribution in [0.2, 0.25) is 0 Å². The van der Waals surface area contributed by atoms with Gasteiger partial charge in [0.15, 0.2) is 17.2 Å². The highest BCUT2D eigenvalue weighted by Gasteiger charge is 2.36. The van der Waals surface area contributed by atoms with Crippen molar-refractivity contribution in [3.63, 3.8) is 0 Å². The van der Waals surface area contributed by atoms with Crippen molar-refractivity contribution >= 4 is 55.5 Å². The lowest BCUT2D eigenvalue weighted by Gasteiger charge is -2.33. The van der Waals surface area contributed by atoms with Gasteiger partial charge in [-0.3, -0.25) is 4.79 Å². The van der Waals surface area contributed by atoms with E-state index in [0.29, 0.717) is 17.2 Å². The minimum atomic E-state index is -0.612. The van der Waals surface area contributed by atoms with Crippen molar-refractivity contribution in [3.05, 3.63) is 35.7 Å². The number of carbonyl (C=O) groups is 1. The number of aryl methyl sites for hydroxylation is 1. The van der Waals surface area contributed by atoms with Crippen molar-refractivity contribution < 1.29 is 9.53 Å². The van der Waals surface area contributed by atoms with Crippen molar-refractivity contribution in [1.29, 1.82) is 0 Å². The van der Waals surface area contributed by atoms with Crippen molar-refractivity contribution in [2.24, 2.45) is 7.05 Å². The molecule has 1 aliphatic heterocycles. The SMILES string of the molecule is BC1(B)O[C@@H]2CCC[C@H]2NC(=O)c2cnc3c(NC)cc(nn23)Nc2cc1cc1nn(C)nc21. The van der Waals surface area contributed by atoms with Gasteiger partial charge in [0.2, 0.25) is 0 Å². The standard InChI is InChI=1S/C21H25B2N9O2/c1-24-14-8-17-26-12-6-10(7-13-18(12)30-31(2)28-13)21(22,23)34-16-5-3-4-11(16)27-20(33)15-9-25-19(14)32(15)29-17/h6-9,11,16,24H,3-5,22-23H2,1-2H3,(H,26,29)(H,27,33)/t11-,16-/m1/s1. The van der Waals surface area contributed by atoms with Crippen LogP contribution >= 0.6 is 0 Å². The van der Waals surface area contributed by atoms with Crippen LogP contribution in [0.5, 0.6) is 0 Å². The van der Waals surface area contributed by atoms with Gasteiger partial charge in [0, 0.05) is 25.6 Å². The molecule has 2 atom stereocenters. The third-order valence-electron chi connectivity index (χ3n) is 6.73. The number of hydrogen-bond donors (Lipinski definition) is 3. The molecule has 0 unspecified atom stereocenters. The van der Waals surface area contributed by atoms with Gasteiger partial charge in [-0.05, 0) is 37.0 Å². The summed E-state index contributed by atoms with van der Waals surface area (Å²) in [4.78, 5) is 19.3. The number of ether oxygens (including phenoxy) is 1. The van der Waals surface area contributed by atoms with Gasteiger partial charge in [-0.1, -0.05) is 0 Å². The summed E-state index contributed by atoms with van der Waals surface area (Å²) in [7, 11) is 7.72. The van der Waals surface area contributed by atoms with Crippen molar-refractivity contribution in [3.8, 4) is 0 Å². The second-order valence-electron chi connectivity index (χ2n) is 9.46. The van der Waals surface area contributed by atoms with Gasteiger partial charge >= 0.3 is 0 Å². The number of anilines is 3. The molecule has 1 aromatic carbocycles. The van der Waals surface area contributed by atoms with Gasteiger partial charge < -0.3 is 20.7 Å². The molecule has 4 aromatic rings. The first kappa shape index (κ1) is 21.0. The molecule has 4 bridgehead atoms. The smallest absolute Gasteiger partial charge is 0.271 e. The highest BCUT2D eigenvalue weighted by Crippen LogP contribution is 2.34. The number of amides is 1. The van der Waals surface area contributed by atoms with E-state index in [0.717, 1.165) is 47.2 Å². The van der Waals surface area contributed by atoms with Crippen LogP contribution in [-0.4, -0.2) is 70.4 Å². The Morgan fingerprint density at radius 3 is 2.88 bits per heavy atom. The van der Waals surface area contributed by atoms with E-state index in [1.807, 2.05) is 25.2 Å². The predicted molar refractivity (Wildman–Crippen MR) is 133 cm³/mol. The number of fused-ring (bicyclic) bond motifs is 6. The van der Waals surface area contributed by atoms with E-state index >= 15 is 0 Å². The fraction of sp³-hybridized carbons (Fsp3) is 0.381. The van der Waals surface area contributed by atoms with E-state index in [9.17, 15) is 4.79 Å². The minimum Gasteiger partial charge on any atom is -0.385 e. The summed E-state index contributed by atoms with van der Waals surface area (Å²) in [5.41, 5.74) is 4.91. The molecule has 0 radical (unpaired) electrons. The lowest BCUT2D eigenvalue weighted by Crippen LogP contribution is -2.46. The summed E-state index contributed by atoms with van der Waals surface area (Å²) >= 11 is 0. The van der Waals surface area contributed by atoms with Gasteiger partial charge in [0.25, 0.3) is 5.91 Å². The lowest BCUT2D eigenvalue weighted by atomic mass is 9.61. The number of benzene rings is 1. The van der Waals surface area contributed by atoms with E-state index in [1.54, 1.807) is 22.6 Å². The first-order chi connectivity index (χ1) is 16.3. The Labute approximate surface area is 197 Å². The van der Waals surface area contributed by atoms with Gasteiger partial charge in [0.05, 0.1) is 29.7 Å². The summed E-state index contributed by atoms with van der Waals surface area (Å²) in [6, 6.07) is 5.83. The maximum Gasteiger partial charge on any atom is 0.271 e. The van der Waals surface area contributed by atoms with Crippen molar-refractivity contribution in [2.45, 2.75) is 36.8 Å². The predicted octanol–water partition coefficient (Wildman–Crippen LogP) is -0.146. The zero-order valence-electron chi connectivity index (χ0n) is 19.6. The molecule has 0 saturated heterocycles. The molecule has 3 N–H and O–H groups in total.